The van der Waals surface area contributed by atoms with Gasteiger partial charge in [-0.3, -0.25) is 0 Å². The van der Waals surface area contributed by atoms with Crippen molar-refractivity contribution in [2.45, 2.75) is 112 Å². The number of esters is 1. The van der Waals surface area contributed by atoms with Crippen molar-refractivity contribution in [1.29, 1.82) is 0 Å². The lowest BCUT2D eigenvalue weighted by Gasteiger charge is -2.43. The largest absolute Gasteiger partial charge is 0.491 e. The second kappa shape index (κ2) is 12.8. The molecule has 212 valence electrons. The van der Waals surface area contributed by atoms with E-state index in [1.165, 1.54) is 23.8 Å². The summed E-state index contributed by atoms with van der Waals surface area (Å²) in [5, 5.41) is 0.158. The number of benzene rings is 2. The van der Waals surface area contributed by atoms with Crippen LogP contribution in [0.2, 0.25) is 18.1 Å². The van der Waals surface area contributed by atoms with E-state index >= 15 is 0 Å². The Labute approximate surface area is 233 Å². The monoisotopic (exact) mass is 540 g/mol. The number of carbonyl (C=O) groups is 1. The van der Waals surface area contributed by atoms with Crippen molar-refractivity contribution < 1.29 is 18.7 Å². The lowest BCUT2D eigenvalue weighted by Crippen LogP contribution is -2.49. The number of aryl methyl sites for hydroxylation is 3. The Morgan fingerprint density at radius 2 is 1.61 bits per heavy atom. The van der Waals surface area contributed by atoms with E-state index in [1.54, 1.807) is 0 Å². The second-order valence-corrected chi connectivity index (χ2v) is 18.1. The zero-order chi connectivity index (χ0) is 28.9. The normalized spacial score (nSPS) is 14.2. The molecular weight excluding hydrogens is 488 g/mol. The molecule has 0 spiro atoms. The average molecular weight is 541 g/mol. The topological polar surface area (TPSA) is 44.8 Å². The molecule has 2 aromatic carbocycles. The summed E-state index contributed by atoms with van der Waals surface area (Å²) < 4.78 is 18.1. The van der Waals surface area contributed by atoms with Crippen molar-refractivity contribution in [3.8, 4) is 5.75 Å². The molecule has 5 heteroatoms. The lowest BCUT2D eigenvalue weighted by atomic mass is 9.88. The third-order valence-corrected chi connectivity index (χ3v) is 12.7. The van der Waals surface area contributed by atoms with Crippen LogP contribution in [0, 0.1) is 19.3 Å². The van der Waals surface area contributed by atoms with Gasteiger partial charge >= 0.3 is 5.97 Å². The molecule has 2 aromatic rings. The second-order valence-electron chi connectivity index (χ2n) is 13.4. The molecule has 0 aliphatic heterocycles. The summed E-state index contributed by atoms with van der Waals surface area (Å²) in [6.07, 6.45) is 3.13. The van der Waals surface area contributed by atoms with Crippen molar-refractivity contribution in [2.75, 3.05) is 13.7 Å². The van der Waals surface area contributed by atoms with Crippen LogP contribution in [0.5, 0.6) is 5.75 Å². The Bertz CT molecular complexity index is 1080. The number of carbonyl (C=O) groups excluding carboxylic acids is 1. The quantitative estimate of drug-likeness (QED) is 0.211. The SMILES string of the molecule is CCC(CCc1ccc(C(=O)OC)c(C)c1)c1ccc(OCC(O[Si](C)(C)C(C)(C)C)C(C)(C)C)c(C)c1. The number of rotatable bonds is 11. The molecule has 0 bridgehead atoms. The van der Waals surface area contributed by atoms with Crippen molar-refractivity contribution in [3.63, 3.8) is 0 Å². The third-order valence-electron chi connectivity index (χ3n) is 8.24. The van der Waals surface area contributed by atoms with Gasteiger partial charge in [0.2, 0.25) is 0 Å². The summed E-state index contributed by atoms with van der Waals surface area (Å²) in [4.78, 5) is 11.9. The van der Waals surface area contributed by atoms with Crippen molar-refractivity contribution >= 4 is 14.3 Å². The first-order chi connectivity index (χ1) is 17.5. The van der Waals surface area contributed by atoms with Gasteiger partial charge in [-0.25, -0.2) is 4.79 Å². The molecule has 0 saturated heterocycles. The molecule has 0 amide bonds. The third kappa shape index (κ3) is 8.44. The summed E-state index contributed by atoms with van der Waals surface area (Å²) in [5.74, 6) is 1.12. The first kappa shape index (κ1) is 32.1. The summed E-state index contributed by atoms with van der Waals surface area (Å²) in [6.45, 7) is 25.1. The Balaban J connectivity index is 2.10. The van der Waals surface area contributed by atoms with Gasteiger partial charge in [-0.15, -0.1) is 0 Å². The van der Waals surface area contributed by atoms with Crippen molar-refractivity contribution in [1.82, 2.24) is 0 Å². The van der Waals surface area contributed by atoms with Gasteiger partial charge in [0, 0.05) is 0 Å². The fourth-order valence-corrected chi connectivity index (χ4v) is 5.90. The van der Waals surface area contributed by atoms with Crippen LogP contribution in [-0.4, -0.2) is 34.1 Å². The van der Waals surface area contributed by atoms with Gasteiger partial charge in [-0.1, -0.05) is 72.7 Å². The van der Waals surface area contributed by atoms with Gasteiger partial charge in [-0.2, -0.15) is 0 Å². The summed E-state index contributed by atoms with van der Waals surface area (Å²) >= 11 is 0. The fraction of sp³-hybridized carbons (Fsp3) is 0.606. The molecule has 0 heterocycles. The minimum Gasteiger partial charge on any atom is -0.491 e. The van der Waals surface area contributed by atoms with Gasteiger partial charge in [-0.05, 0) is 97.0 Å². The number of hydrogen-bond donors (Lipinski definition) is 0. The number of hydrogen-bond acceptors (Lipinski definition) is 4. The van der Waals surface area contributed by atoms with Crippen LogP contribution in [0.15, 0.2) is 36.4 Å². The maximum atomic E-state index is 11.9. The van der Waals surface area contributed by atoms with Crippen LogP contribution in [0.1, 0.15) is 99.8 Å². The molecule has 2 rings (SSSR count). The average Bonchev–Trinajstić information content (AvgIpc) is 2.81. The molecule has 2 unspecified atom stereocenters. The predicted octanol–water partition coefficient (Wildman–Crippen LogP) is 9.03. The first-order valence-electron chi connectivity index (χ1n) is 14.1. The van der Waals surface area contributed by atoms with Crippen LogP contribution in [-0.2, 0) is 15.6 Å². The number of ether oxygens (including phenoxy) is 2. The maximum Gasteiger partial charge on any atom is 0.338 e. The van der Waals surface area contributed by atoms with E-state index in [1.807, 2.05) is 19.1 Å². The van der Waals surface area contributed by atoms with Gasteiger partial charge in [0.05, 0.1) is 18.8 Å². The first-order valence-corrected chi connectivity index (χ1v) is 17.0. The fourth-order valence-electron chi connectivity index (χ4n) is 4.41. The van der Waals surface area contributed by atoms with E-state index in [0.717, 1.165) is 30.6 Å². The van der Waals surface area contributed by atoms with Crippen LogP contribution in [0.25, 0.3) is 0 Å². The van der Waals surface area contributed by atoms with Crippen LogP contribution in [0.3, 0.4) is 0 Å². The minimum atomic E-state index is -1.91. The van der Waals surface area contributed by atoms with Gasteiger partial charge in [0.25, 0.3) is 0 Å². The number of methoxy groups -OCH3 is 1. The minimum absolute atomic E-state index is 0.00984. The molecule has 0 aliphatic rings. The summed E-state index contributed by atoms with van der Waals surface area (Å²) in [5.41, 5.74) is 5.36. The summed E-state index contributed by atoms with van der Waals surface area (Å²) in [7, 11) is -0.491. The van der Waals surface area contributed by atoms with Crippen LogP contribution < -0.4 is 4.74 Å². The Kier molecular flexibility index (Phi) is 10.8. The standard InChI is InChI=1S/C33H52O4Si/c1-13-26(16-14-25-15-18-28(23(2)20-25)31(34)35-10)27-17-19-29(24(3)21-27)36-22-30(32(4,5)6)37-38(11,12)33(7,8)9/h15,17-21,26,30H,13-14,16,22H2,1-12H3. The van der Waals surface area contributed by atoms with Gasteiger partial charge in [0.1, 0.15) is 12.4 Å². The van der Waals surface area contributed by atoms with Gasteiger partial charge in [0.15, 0.2) is 8.32 Å². The molecule has 4 nitrogen and oxygen atoms in total. The zero-order valence-corrected chi connectivity index (χ0v) is 27.1. The smallest absolute Gasteiger partial charge is 0.338 e. The molecule has 2 atom stereocenters. The van der Waals surface area contributed by atoms with Crippen LogP contribution >= 0.6 is 0 Å². The summed E-state index contributed by atoms with van der Waals surface area (Å²) in [6, 6.07) is 12.7. The lowest BCUT2D eigenvalue weighted by molar-refractivity contribution is 0.0310. The van der Waals surface area contributed by atoms with Crippen LogP contribution in [0.4, 0.5) is 0 Å². The highest BCUT2D eigenvalue weighted by Gasteiger charge is 2.42. The van der Waals surface area contributed by atoms with E-state index in [0.29, 0.717) is 18.1 Å². The van der Waals surface area contributed by atoms with Gasteiger partial charge < -0.3 is 13.9 Å². The molecule has 0 radical (unpaired) electrons. The molecule has 38 heavy (non-hydrogen) atoms. The predicted molar refractivity (Wildman–Crippen MR) is 162 cm³/mol. The van der Waals surface area contributed by atoms with E-state index < -0.39 is 8.32 Å². The Morgan fingerprint density at radius 3 is 2.11 bits per heavy atom. The highest BCUT2D eigenvalue weighted by molar-refractivity contribution is 6.74. The molecule has 0 N–H and O–H groups in total. The molecule has 0 fully saturated rings. The van der Waals surface area contributed by atoms with Crippen molar-refractivity contribution in [3.05, 3.63) is 64.2 Å². The maximum absolute atomic E-state index is 11.9. The van der Waals surface area contributed by atoms with E-state index in [-0.39, 0.29) is 22.5 Å². The Hall–Kier alpha value is -2.11. The van der Waals surface area contributed by atoms with E-state index in [9.17, 15) is 4.79 Å². The molecular formula is C33H52O4Si. The Morgan fingerprint density at radius 1 is 0.947 bits per heavy atom. The molecule has 0 aliphatic carbocycles. The molecule has 0 saturated carbocycles. The molecule has 0 aromatic heterocycles. The van der Waals surface area contributed by atoms with E-state index in [4.69, 9.17) is 13.9 Å². The zero-order valence-electron chi connectivity index (χ0n) is 26.1. The van der Waals surface area contributed by atoms with Crippen molar-refractivity contribution in [2.24, 2.45) is 5.41 Å². The van der Waals surface area contributed by atoms with E-state index in [2.05, 4.69) is 92.7 Å². The highest BCUT2D eigenvalue weighted by Crippen LogP contribution is 2.40. The highest BCUT2D eigenvalue weighted by atomic mass is 28.4.